The van der Waals surface area contributed by atoms with Crippen molar-refractivity contribution in [3.05, 3.63) is 52.0 Å². The molecular formula is C15H15NOS. The van der Waals surface area contributed by atoms with E-state index < -0.39 is 0 Å². The van der Waals surface area contributed by atoms with Gasteiger partial charge in [0.15, 0.2) is 5.78 Å². The first-order valence-electron chi connectivity index (χ1n) is 6.34. The number of aromatic nitrogens is 1. The van der Waals surface area contributed by atoms with E-state index in [4.69, 9.17) is 0 Å². The van der Waals surface area contributed by atoms with Gasteiger partial charge in [0, 0.05) is 23.3 Å². The molecule has 1 aromatic carbocycles. The van der Waals surface area contributed by atoms with Crippen molar-refractivity contribution in [2.75, 3.05) is 0 Å². The molecule has 0 radical (unpaired) electrons. The van der Waals surface area contributed by atoms with E-state index >= 15 is 0 Å². The van der Waals surface area contributed by atoms with Crippen LogP contribution in [0.3, 0.4) is 0 Å². The summed E-state index contributed by atoms with van der Waals surface area (Å²) in [6.45, 7) is 0. The molecule has 3 rings (SSSR count). The lowest BCUT2D eigenvalue weighted by molar-refractivity contribution is 0.0914. The monoisotopic (exact) mass is 257 g/mol. The highest BCUT2D eigenvalue weighted by molar-refractivity contribution is 7.07. The fourth-order valence-electron chi connectivity index (χ4n) is 2.65. The highest BCUT2D eigenvalue weighted by Gasteiger charge is 2.25. The smallest absolute Gasteiger partial charge is 0.166 e. The lowest BCUT2D eigenvalue weighted by atomic mass is 9.91. The van der Waals surface area contributed by atoms with Crippen LogP contribution in [0.25, 0.3) is 0 Å². The first-order chi connectivity index (χ1) is 8.84. The van der Waals surface area contributed by atoms with E-state index in [1.54, 1.807) is 11.3 Å². The fourth-order valence-corrected chi connectivity index (χ4v) is 3.23. The number of thiazole rings is 1. The summed E-state index contributed by atoms with van der Waals surface area (Å²) in [5, 5.41) is 2.05. The van der Waals surface area contributed by atoms with Gasteiger partial charge in [0.1, 0.15) is 0 Å². The van der Waals surface area contributed by atoms with E-state index in [2.05, 4.69) is 11.1 Å². The van der Waals surface area contributed by atoms with Crippen LogP contribution in [-0.2, 0) is 12.8 Å². The Balaban J connectivity index is 1.87. The Kier molecular flexibility index (Phi) is 3.24. The Bertz CT molecular complexity index is 547. The van der Waals surface area contributed by atoms with Crippen molar-refractivity contribution < 1.29 is 4.79 Å². The first kappa shape index (κ1) is 11.6. The third-order valence-corrected chi connectivity index (χ3v) is 4.23. The van der Waals surface area contributed by atoms with Gasteiger partial charge in [-0.25, -0.2) is 4.98 Å². The van der Waals surface area contributed by atoms with Crippen molar-refractivity contribution in [1.29, 1.82) is 0 Å². The van der Waals surface area contributed by atoms with Gasteiger partial charge in [-0.15, -0.1) is 11.3 Å². The summed E-state index contributed by atoms with van der Waals surface area (Å²) in [7, 11) is 0. The van der Waals surface area contributed by atoms with Crippen molar-refractivity contribution >= 4 is 17.1 Å². The van der Waals surface area contributed by atoms with Gasteiger partial charge in [0.25, 0.3) is 0 Å². The van der Waals surface area contributed by atoms with Gasteiger partial charge in [-0.1, -0.05) is 24.3 Å². The zero-order valence-corrected chi connectivity index (χ0v) is 11.0. The molecule has 0 saturated heterocycles. The van der Waals surface area contributed by atoms with E-state index in [0.29, 0.717) is 5.78 Å². The molecule has 2 aromatic rings. The second kappa shape index (κ2) is 5.02. The molecule has 0 amide bonds. The third kappa shape index (κ3) is 2.23. The first-order valence-corrected chi connectivity index (χ1v) is 7.28. The number of Topliss-reactive ketones (excluding diaryl/α,β-unsaturated/α-hetero) is 1. The molecule has 3 heteroatoms. The lowest BCUT2D eigenvalue weighted by Crippen LogP contribution is -2.16. The molecule has 0 aliphatic heterocycles. The van der Waals surface area contributed by atoms with E-state index in [9.17, 15) is 4.79 Å². The van der Waals surface area contributed by atoms with E-state index in [1.165, 1.54) is 5.56 Å². The van der Waals surface area contributed by atoms with Gasteiger partial charge >= 0.3 is 0 Å². The second-order valence-corrected chi connectivity index (χ2v) is 5.51. The van der Waals surface area contributed by atoms with Crippen LogP contribution < -0.4 is 0 Å². The average Bonchev–Trinajstić information content (AvgIpc) is 2.85. The van der Waals surface area contributed by atoms with Crippen LogP contribution in [0.1, 0.15) is 34.5 Å². The SMILES string of the molecule is O=C1c2ccccc2CCCC1Cc1cscn1. The maximum Gasteiger partial charge on any atom is 0.166 e. The number of benzene rings is 1. The molecule has 1 atom stereocenters. The molecule has 2 nitrogen and oxygen atoms in total. The number of nitrogens with zero attached hydrogens (tertiary/aromatic N) is 1. The summed E-state index contributed by atoms with van der Waals surface area (Å²) in [6.07, 6.45) is 3.88. The summed E-state index contributed by atoms with van der Waals surface area (Å²) in [5.74, 6) is 0.409. The van der Waals surface area contributed by atoms with Gasteiger partial charge in [0.2, 0.25) is 0 Å². The van der Waals surface area contributed by atoms with Crippen molar-refractivity contribution in [3.63, 3.8) is 0 Å². The molecule has 1 unspecified atom stereocenters. The van der Waals surface area contributed by atoms with Crippen LogP contribution >= 0.6 is 11.3 Å². The molecule has 0 saturated carbocycles. The minimum absolute atomic E-state index is 0.107. The number of fused-ring (bicyclic) bond motifs is 1. The molecule has 0 N–H and O–H groups in total. The Morgan fingerprint density at radius 1 is 1.33 bits per heavy atom. The van der Waals surface area contributed by atoms with E-state index in [0.717, 1.165) is 36.9 Å². The van der Waals surface area contributed by atoms with Crippen molar-refractivity contribution in [3.8, 4) is 0 Å². The zero-order valence-electron chi connectivity index (χ0n) is 10.1. The predicted octanol–water partition coefficient (Wildman–Crippen LogP) is 3.52. The number of ketones is 1. The van der Waals surface area contributed by atoms with Crippen LogP contribution in [0.4, 0.5) is 0 Å². The highest BCUT2D eigenvalue weighted by Crippen LogP contribution is 2.26. The third-order valence-electron chi connectivity index (χ3n) is 3.59. The standard InChI is InChI=1S/C15H15NOS/c17-15-12(8-13-9-18-10-16-13)6-3-5-11-4-1-2-7-14(11)15/h1-2,4,7,9-10,12H,3,5-6,8H2. The Labute approximate surface area is 111 Å². The van der Waals surface area contributed by atoms with Crippen molar-refractivity contribution in [2.45, 2.75) is 25.7 Å². The molecule has 92 valence electrons. The van der Waals surface area contributed by atoms with E-state index in [-0.39, 0.29) is 5.92 Å². The molecule has 1 aliphatic carbocycles. The predicted molar refractivity (Wildman–Crippen MR) is 73.0 cm³/mol. The minimum atomic E-state index is 0.107. The number of hydrogen-bond donors (Lipinski definition) is 0. The van der Waals surface area contributed by atoms with Crippen molar-refractivity contribution in [2.24, 2.45) is 5.92 Å². The summed E-state index contributed by atoms with van der Waals surface area (Å²) in [5.41, 5.74) is 5.03. The van der Waals surface area contributed by atoms with Gasteiger partial charge in [0.05, 0.1) is 11.2 Å². The van der Waals surface area contributed by atoms with Crippen LogP contribution in [0, 0.1) is 5.92 Å². The number of aryl methyl sites for hydroxylation is 1. The maximum atomic E-state index is 12.5. The van der Waals surface area contributed by atoms with Gasteiger partial charge in [-0.2, -0.15) is 0 Å². The Morgan fingerprint density at radius 2 is 2.22 bits per heavy atom. The number of carbonyl (C=O) groups is 1. The Hall–Kier alpha value is -1.48. The van der Waals surface area contributed by atoms with Crippen LogP contribution in [-0.4, -0.2) is 10.8 Å². The van der Waals surface area contributed by atoms with Gasteiger partial charge < -0.3 is 0 Å². The second-order valence-electron chi connectivity index (χ2n) is 4.79. The number of carbonyl (C=O) groups excluding carboxylic acids is 1. The van der Waals surface area contributed by atoms with Gasteiger partial charge in [-0.05, 0) is 24.8 Å². The molecular weight excluding hydrogens is 242 g/mol. The topological polar surface area (TPSA) is 30.0 Å². The normalized spacial score (nSPS) is 19.3. The quantitative estimate of drug-likeness (QED) is 0.770. The number of rotatable bonds is 2. The van der Waals surface area contributed by atoms with Crippen LogP contribution in [0.2, 0.25) is 0 Å². The lowest BCUT2D eigenvalue weighted by Gasteiger charge is -2.12. The molecule has 1 heterocycles. The average molecular weight is 257 g/mol. The molecule has 1 aromatic heterocycles. The summed E-state index contributed by atoms with van der Waals surface area (Å²) in [4.78, 5) is 16.8. The molecule has 0 spiro atoms. The van der Waals surface area contributed by atoms with Gasteiger partial charge in [-0.3, -0.25) is 4.79 Å². The van der Waals surface area contributed by atoms with E-state index in [1.807, 2.05) is 29.1 Å². The molecule has 18 heavy (non-hydrogen) atoms. The largest absolute Gasteiger partial charge is 0.294 e. The fraction of sp³-hybridized carbons (Fsp3) is 0.333. The maximum absolute atomic E-state index is 12.5. The van der Waals surface area contributed by atoms with Crippen molar-refractivity contribution in [1.82, 2.24) is 4.98 Å². The molecule has 1 aliphatic rings. The van der Waals surface area contributed by atoms with Crippen LogP contribution in [0.5, 0.6) is 0 Å². The Morgan fingerprint density at radius 3 is 3.06 bits per heavy atom. The summed E-state index contributed by atoms with van der Waals surface area (Å²) >= 11 is 1.60. The number of hydrogen-bond acceptors (Lipinski definition) is 3. The highest BCUT2D eigenvalue weighted by atomic mass is 32.1. The summed E-state index contributed by atoms with van der Waals surface area (Å²) in [6, 6.07) is 8.03. The van der Waals surface area contributed by atoms with Crippen LogP contribution in [0.15, 0.2) is 35.2 Å². The molecule has 0 bridgehead atoms. The minimum Gasteiger partial charge on any atom is -0.294 e. The summed E-state index contributed by atoms with van der Waals surface area (Å²) < 4.78 is 0. The molecule has 0 fully saturated rings. The zero-order chi connectivity index (χ0) is 12.4.